The maximum Gasteiger partial charge on any atom is 0.416 e. The van der Waals surface area contributed by atoms with Crippen LogP contribution in [0.4, 0.5) is 13.2 Å². The van der Waals surface area contributed by atoms with Crippen LogP contribution in [0.3, 0.4) is 0 Å². The van der Waals surface area contributed by atoms with Crippen molar-refractivity contribution in [3.05, 3.63) is 29.3 Å². The highest BCUT2D eigenvalue weighted by molar-refractivity contribution is 5.72. The van der Waals surface area contributed by atoms with Gasteiger partial charge in [0.05, 0.1) is 5.56 Å². The van der Waals surface area contributed by atoms with Gasteiger partial charge in [0.2, 0.25) is 0 Å². The third-order valence-corrected chi connectivity index (χ3v) is 6.89. The van der Waals surface area contributed by atoms with Gasteiger partial charge in [-0.1, -0.05) is 38.5 Å². The average molecular weight is 412 g/mol. The van der Waals surface area contributed by atoms with Gasteiger partial charge in [0.15, 0.2) is 0 Å². The normalized spacial score (nSPS) is 25.8. The van der Waals surface area contributed by atoms with Gasteiger partial charge in [-0.25, -0.2) is 4.79 Å². The molecule has 3 aliphatic rings. The highest BCUT2D eigenvalue weighted by Crippen LogP contribution is 2.56. The number of fused-ring (bicyclic) bond motifs is 1. The van der Waals surface area contributed by atoms with Gasteiger partial charge in [-0.3, -0.25) is 0 Å². The van der Waals surface area contributed by atoms with E-state index < -0.39 is 29.6 Å². The van der Waals surface area contributed by atoms with Gasteiger partial charge >= 0.3 is 12.1 Å². The van der Waals surface area contributed by atoms with Gasteiger partial charge in [0.25, 0.3) is 6.29 Å². The molecule has 1 aliphatic heterocycles. The second kappa shape index (κ2) is 7.82. The molecule has 1 aromatic carbocycles. The van der Waals surface area contributed by atoms with Crippen molar-refractivity contribution < 1.29 is 32.5 Å². The predicted molar refractivity (Wildman–Crippen MR) is 99.4 cm³/mol. The summed E-state index contributed by atoms with van der Waals surface area (Å²) in [5.74, 6) is -1.04. The molecule has 29 heavy (non-hydrogen) atoms. The first-order valence-electron chi connectivity index (χ1n) is 10.6. The molecule has 0 aromatic heterocycles. The topological polar surface area (TPSA) is 55.8 Å². The van der Waals surface area contributed by atoms with Gasteiger partial charge in [-0.2, -0.15) is 13.2 Å². The zero-order valence-corrected chi connectivity index (χ0v) is 16.3. The van der Waals surface area contributed by atoms with Crippen LogP contribution in [0.5, 0.6) is 5.75 Å². The minimum atomic E-state index is -4.48. The molecule has 7 heteroatoms. The number of benzene rings is 1. The minimum Gasteiger partial charge on any atom is -0.477 e. The third-order valence-electron chi connectivity index (χ3n) is 6.89. The Labute approximate surface area is 168 Å². The monoisotopic (exact) mass is 412 g/mol. The molecule has 0 spiro atoms. The quantitative estimate of drug-likeness (QED) is 0.673. The van der Waals surface area contributed by atoms with Crippen molar-refractivity contribution >= 4 is 5.97 Å². The van der Waals surface area contributed by atoms with Gasteiger partial charge < -0.3 is 14.6 Å². The van der Waals surface area contributed by atoms with E-state index in [1.807, 2.05) is 0 Å². The summed E-state index contributed by atoms with van der Waals surface area (Å²) >= 11 is 0. The second-order valence-corrected chi connectivity index (χ2v) is 8.58. The van der Waals surface area contributed by atoms with Crippen molar-refractivity contribution in [1.29, 1.82) is 0 Å². The minimum absolute atomic E-state index is 0.00710. The number of rotatable bonds is 3. The van der Waals surface area contributed by atoms with Crippen LogP contribution in [0.15, 0.2) is 18.2 Å². The molecule has 0 amide bonds. The van der Waals surface area contributed by atoms with Crippen LogP contribution in [0.1, 0.15) is 75.3 Å². The zero-order chi connectivity index (χ0) is 20.6. The molecule has 1 aromatic rings. The van der Waals surface area contributed by atoms with Crippen LogP contribution < -0.4 is 4.74 Å². The van der Waals surface area contributed by atoms with Crippen molar-refractivity contribution in [1.82, 2.24) is 0 Å². The van der Waals surface area contributed by atoms with E-state index >= 15 is 0 Å². The van der Waals surface area contributed by atoms with Crippen molar-refractivity contribution in [3.8, 4) is 5.75 Å². The van der Waals surface area contributed by atoms with E-state index in [1.165, 1.54) is 6.07 Å². The van der Waals surface area contributed by atoms with Crippen molar-refractivity contribution in [3.63, 3.8) is 0 Å². The first kappa shape index (κ1) is 20.5. The van der Waals surface area contributed by atoms with Crippen molar-refractivity contribution in [2.45, 2.75) is 82.3 Å². The Morgan fingerprint density at radius 3 is 2.00 bits per heavy atom. The maximum atomic E-state index is 13.5. The van der Waals surface area contributed by atoms with Crippen LogP contribution >= 0.6 is 0 Å². The van der Waals surface area contributed by atoms with Crippen LogP contribution in [0.2, 0.25) is 0 Å². The lowest BCUT2D eigenvalue weighted by Gasteiger charge is -2.52. The SMILES string of the molecule is O=C(O)C1Oc2ccc(C(F)(F)F)cc2C(C2CCCCC2)(C2CCCCC2)O1. The molecule has 4 rings (SSSR count). The van der Waals surface area contributed by atoms with E-state index in [2.05, 4.69) is 0 Å². The molecule has 1 N–H and O–H groups in total. The molecule has 0 radical (unpaired) electrons. The van der Waals surface area contributed by atoms with Crippen LogP contribution in [-0.4, -0.2) is 17.4 Å². The number of hydrogen-bond donors (Lipinski definition) is 1. The summed E-state index contributed by atoms with van der Waals surface area (Å²) in [6, 6.07) is 3.39. The standard InChI is InChI=1S/C22H27F3O4/c23-22(24,25)16-11-12-18-17(13-16)21(14-7-3-1-4-8-14,15-9-5-2-6-10-15)29-20(28-18)19(26)27/h11-15,20H,1-10H2,(H,26,27). The highest BCUT2D eigenvalue weighted by Gasteiger charge is 2.55. The molecule has 160 valence electrons. The van der Waals surface area contributed by atoms with Gasteiger partial charge in [0, 0.05) is 5.56 Å². The molecule has 0 bridgehead atoms. The van der Waals surface area contributed by atoms with Crippen LogP contribution in [0, 0.1) is 11.8 Å². The summed E-state index contributed by atoms with van der Waals surface area (Å²) in [5, 5.41) is 9.65. The zero-order valence-electron chi connectivity index (χ0n) is 16.3. The number of ether oxygens (including phenoxy) is 2. The molecule has 2 fully saturated rings. The van der Waals surface area contributed by atoms with Gasteiger partial charge in [-0.15, -0.1) is 0 Å². The van der Waals surface area contributed by atoms with E-state index in [0.717, 1.165) is 76.3 Å². The molecule has 1 atom stereocenters. The molecule has 1 heterocycles. The van der Waals surface area contributed by atoms with Crippen LogP contribution in [-0.2, 0) is 21.3 Å². The fraction of sp³-hybridized carbons (Fsp3) is 0.682. The summed E-state index contributed by atoms with van der Waals surface area (Å²) in [5.41, 5.74) is -1.39. The number of hydrogen-bond acceptors (Lipinski definition) is 3. The number of halogens is 3. The smallest absolute Gasteiger partial charge is 0.416 e. The Bertz CT molecular complexity index is 731. The first-order valence-corrected chi connectivity index (χ1v) is 10.6. The summed E-state index contributed by atoms with van der Waals surface area (Å²) in [4.78, 5) is 11.8. The summed E-state index contributed by atoms with van der Waals surface area (Å²) in [6.07, 6.45) is 3.45. The molecule has 2 saturated carbocycles. The van der Waals surface area contributed by atoms with E-state index in [1.54, 1.807) is 0 Å². The molecule has 4 nitrogen and oxygen atoms in total. The van der Waals surface area contributed by atoms with Crippen LogP contribution in [0.25, 0.3) is 0 Å². The number of carbonyl (C=O) groups is 1. The fourth-order valence-corrected chi connectivity index (χ4v) is 5.62. The second-order valence-electron chi connectivity index (χ2n) is 8.58. The molecule has 2 aliphatic carbocycles. The summed E-state index contributed by atoms with van der Waals surface area (Å²) in [6.45, 7) is 0. The Morgan fingerprint density at radius 1 is 0.966 bits per heavy atom. The maximum absolute atomic E-state index is 13.5. The Kier molecular flexibility index (Phi) is 5.53. The number of carboxylic acids is 1. The lowest BCUT2D eigenvalue weighted by Crippen LogP contribution is -2.54. The number of carboxylic acid groups (broad SMARTS) is 1. The third kappa shape index (κ3) is 3.74. The van der Waals surface area contributed by atoms with Crippen molar-refractivity contribution in [2.75, 3.05) is 0 Å². The molecular formula is C22H27F3O4. The first-order chi connectivity index (χ1) is 13.8. The number of aliphatic carboxylic acids is 1. The Balaban J connectivity index is 1.90. The summed E-state index contributed by atoms with van der Waals surface area (Å²) in [7, 11) is 0. The van der Waals surface area contributed by atoms with E-state index in [0.29, 0.717) is 5.56 Å². The fourth-order valence-electron chi connectivity index (χ4n) is 5.62. The van der Waals surface area contributed by atoms with E-state index in [4.69, 9.17) is 9.47 Å². The van der Waals surface area contributed by atoms with E-state index in [-0.39, 0.29) is 17.6 Å². The molecular weight excluding hydrogens is 385 g/mol. The average Bonchev–Trinajstić information content (AvgIpc) is 2.73. The summed E-state index contributed by atoms with van der Waals surface area (Å²) < 4.78 is 52.3. The molecule has 0 saturated heterocycles. The van der Waals surface area contributed by atoms with Crippen molar-refractivity contribution in [2.24, 2.45) is 11.8 Å². The largest absolute Gasteiger partial charge is 0.477 e. The lowest BCUT2D eigenvalue weighted by molar-refractivity contribution is -0.252. The molecule has 1 unspecified atom stereocenters. The van der Waals surface area contributed by atoms with Gasteiger partial charge in [0.1, 0.15) is 11.4 Å². The predicted octanol–water partition coefficient (Wildman–Crippen LogP) is 5.88. The van der Waals surface area contributed by atoms with Gasteiger partial charge in [-0.05, 0) is 55.7 Å². The Hall–Kier alpha value is -1.76. The van der Waals surface area contributed by atoms with E-state index in [9.17, 15) is 23.1 Å². The lowest BCUT2D eigenvalue weighted by atomic mass is 9.62. The Morgan fingerprint density at radius 2 is 1.52 bits per heavy atom. The highest BCUT2D eigenvalue weighted by atomic mass is 19.4. The number of alkyl halides is 3.